The van der Waals surface area contributed by atoms with Gasteiger partial charge >= 0.3 is 0 Å². The number of halogens is 2. The van der Waals surface area contributed by atoms with Crippen molar-refractivity contribution in [1.82, 2.24) is 0 Å². The fourth-order valence-electron chi connectivity index (χ4n) is 1.52. The quantitative estimate of drug-likeness (QED) is 0.659. The van der Waals surface area contributed by atoms with Crippen LogP contribution in [0.1, 0.15) is 5.56 Å². The molecule has 2 rings (SSSR count). The lowest BCUT2D eigenvalue weighted by Crippen LogP contribution is -2.22. The molecule has 0 unspecified atom stereocenters. The van der Waals surface area contributed by atoms with E-state index in [0.29, 0.717) is 12.2 Å². The first-order valence-corrected chi connectivity index (χ1v) is 5.71. The van der Waals surface area contributed by atoms with E-state index in [4.69, 9.17) is 5.73 Å². The van der Waals surface area contributed by atoms with E-state index in [2.05, 4.69) is 10.3 Å². The molecule has 0 aliphatic heterocycles. The number of nitrogens with zero attached hydrogens (tertiary/aromatic N) is 1. The SMILES string of the molecule is NC(=NCc1ccccc1)Nc1ccc(F)c(F)c1. The summed E-state index contributed by atoms with van der Waals surface area (Å²) in [7, 11) is 0. The summed E-state index contributed by atoms with van der Waals surface area (Å²) in [5, 5.41) is 2.70. The number of hydrogen-bond acceptors (Lipinski definition) is 1. The summed E-state index contributed by atoms with van der Waals surface area (Å²) < 4.78 is 25.7. The lowest BCUT2D eigenvalue weighted by atomic mass is 10.2. The maximum Gasteiger partial charge on any atom is 0.193 e. The smallest absolute Gasteiger partial charge is 0.193 e. The van der Waals surface area contributed by atoms with Gasteiger partial charge in [0.1, 0.15) is 0 Å². The second-order valence-electron chi connectivity index (χ2n) is 3.94. The van der Waals surface area contributed by atoms with Crippen molar-refractivity contribution in [2.45, 2.75) is 6.54 Å². The molecule has 0 bridgehead atoms. The third-order valence-electron chi connectivity index (χ3n) is 2.47. The second-order valence-corrected chi connectivity index (χ2v) is 3.94. The zero-order valence-electron chi connectivity index (χ0n) is 10.1. The normalized spacial score (nSPS) is 11.4. The van der Waals surface area contributed by atoms with Crippen LogP contribution in [0.4, 0.5) is 14.5 Å². The monoisotopic (exact) mass is 261 g/mol. The summed E-state index contributed by atoms with van der Waals surface area (Å²) >= 11 is 0. The van der Waals surface area contributed by atoms with Gasteiger partial charge in [-0.05, 0) is 17.7 Å². The van der Waals surface area contributed by atoms with Crippen LogP contribution in [-0.2, 0) is 6.54 Å². The molecule has 0 aliphatic rings. The van der Waals surface area contributed by atoms with Gasteiger partial charge in [0.15, 0.2) is 17.6 Å². The fourth-order valence-corrected chi connectivity index (χ4v) is 1.52. The summed E-state index contributed by atoms with van der Waals surface area (Å²) in [6.07, 6.45) is 0. The van der Waals surface area contributed by atoms with Gasteiger partial charge in [0.25, 0.3) is 0 Å². The van der Waals surface area contributed by atoms with Crippen LogP contribution >= 0.6 is 0 Å². The number of hydrogen-bond donors (Lipinski definition) is 2. The Morgan fingerprint density at radius 3 is 2.47 bits per heavy atom. The number of nitrogens with one attached hydrogen (secondary N) is 1. The van der Waals surface area contributed by atoms with E-state index < -0.39 is 11.6 Å². The average molecular weight is 261 g/mol. The molecule has 0 fully saturated rings. The summed E-state index contributed by atoms with van der Waals surface area (Å²) in [5.74, 6) is -1.68. The van der Waals surface area contributed by atoms with Crippen LogP contribution < -0.4 is 11.1 Å². The molecule has 2 aromatic rings. The van der Waals surface area contributed by atoms with Gasteiger partial charge in [-0.3, -0.25) is 0 Å². The molecule has 0 heterocycles. The van der Waals surface area contributed by atoms with Crippen molar-refractivity contribution in [1.29, 1.82) is 0 Å². The Labute approximate surface area is 109 Å². The highest BCUT2D eigenvalue weighted by molar-refractivity contribution is 5.92. The van der Waals surface area contributed by atoms with Crippen molar-refractivity contribution in [2.75, 3.05) is 5.32 Å². The molecule has 2 aromatic carbocycles. The molecule has 3 N–H and O–H groups in total. The molecule has 0 saturated heterocycles. The van der Waals surface area contributed by atoms with Crippen LogP contribution in [0.25, 0.3) is 0 Å². The molecule has 0 spiro atoms. The Morgan fingerprint density at radius 2 is 1.79 bits per heavy atom. The minimum Gasteiger partial charge on any atom is -0.370 e. The fraction of sp³-hybridized carbons (Fsp3) is 0.0714. The average Bonchev–Trinajstić information content (AvgIpc) is 2.42. The summed E-state index contributed by atoms with van der Waals surface area (Å²) in [6, 6.07) is 13.0. The Morgan fingerprint density at radius 1 is 1.05 bits per heavy atom. The van der Waals surface area contributed by atoms with Crippen molar-refractivity contribution in [3.63, 3.8) is 0 Å². The molecule has 3 nitrogen and oxygen atoms in total. The van der Waals surface area contributed by atoms with E-state index in [-0.39, 0.29) is 5.96 Å². The number of anilines is 1. The van der Waals surface area contributed by atoms with Crippen LogP contribution in [0.15, 0.2) is 53.5 Å². The predicted molar refractivity (Wildman–Crippen MR) is 71.7 cm³/mol. The largest absolute Gasteiger partial charge is 0.370 e. The standard InChI is InChI=1S/C14H13F2N3/c15-12-7-6-11(8-13(12)16)19-14(17)18-9-10-4-2-1-3-5-10/h1-8H,9H2,(H3,17,18,19). The predicted octanol–water partition coefficient (Wildman–Crippen LogP) is 2.89. The van der Waals surface area contributed by atoms with Crippen molar-refractivity contribution in [3.8, 4) is 0 Å². The number of aliphatic imine (C=N–C) groups is 1. The third-order valence-corrected chi connectivity index (χ3v) is 2.47. The molecule has 0 aliphatic carbocycles. The number of rotatable bonds is 3. The van der Waals surface area contributed by atoms with Gasteiger partial charge in [0.05, 0.1) is 6.54 Å². The van der Waals surface area contributed by atoms with Gasteiger partial charge in [0.2, 0.25) is 0 Å². The summed E-state index contributed by atoms with van der Waals surface area (Å²) in [6.45, 7) is 0.420. The molecule has 19 heavy (non-hydrogen) atoms. The Balaban J connectivity index is 2.00. The Hall–Kier alpha value is -2.43. The van der Waals surface area contributed by atoms with Crippen molar-refractivity contribution < 1.29 is 8.78 Å². The number of benzene rings is 2. The van der Waals surface area contributed by atoms with E-state index in [0.717, 1.165) is 17.7 Å². The minimum atomic E-state index is -0.930. The maximum atomic E-state index is 13.0. The minimum absolute atomic E-state index is 0.148. The van der Waals surface area contributed by atoms with E-state index in [1.54, 1.807) is 0 Å². The third kappa shape index (κ3) is 3.77. The van der Waals surface area contributed by atoms with Crippen molar-refractivity contribution in [2.24, 2.45) is 10.7 Å². The van der Waals surface area contributed by atoms with Crippen LogP contribution in [0, 0.1) is 11.6 Å². The molecule has 98 valence electrons. The Bertz CT molecular complexity index is 582. The summed E-state index contributed by atoms with van der Waals surface area (Å²) in [5.41, 5.74) is 7.03. The molecule has 0 amide bonds. The van der Waals surface area contributed by atoms with Gasteiger partial charge < -0.3 is 11.1 Å². The van der Waals surface area contributed by atoms with Gasteiger partial charge in [-0.1, -0.05) is 30.3 Å². The highest BCUT2D eigenvalue weighted by atomic mass is 19.2. The molecule has 5 heteroatoms. The van der Waals surface area contributed by atoms with E-state index in [1.807, 2.05) is 30.3 Å². The zero-order valence-corrected chi connectivity index (χ0v) is 10.1. The Kier molecular flexibility index (Phi) is 4.07. The van der Waals surface area contributed by atoms with Crippen LogP contribution in [0.3, 0.4) is 0 Å². The zero-order chi connectivity index (χ0) is 13.7. The van der Waals surface area contributed by atoms with E-state index in [9.17, 15) is 8.78 Å². The first kappa shape index (κ1) is 13.0. The van der Waals surface area contributed by atoms with Crippen LogP contribution in [0.5, 0.6) is 0 Å². The molecule has 0 radical (unpaired) electrons. The lowest BCUT2D eigenvalue weighted by molar-refractivity contribution is 0.509. The highest BCUT2D eigenvalue weighted by Crippen LogP contribution is 2.12. The van der Waals surface area contributed by atoms with Crippen molar-refractivity contribution >= 4 is 11.6 Å². The highest BCUT2D eigenvalue weighted by Gasteiger charge is 2.02. The van der Waals surface area contributed by atoms with Gasteiger partial charge in [0, 0.05) is 11.8 Å². The van der Waals surface area contributed by atoms with E-state index >= 15 is 0 Å². The first-order valence-electron chi connectivity index (χ1n) is 5.71. The first-order chi connectivity index (χ1) is 9.15. The van der Waals surface area contributed by atoms with Crippen molar-refractivity contribution in [3.05, 3.63) is 65.7 Å². The van der Waals surface area contributed by atoms with Crippen LogP contribution in [0.2, 0.25) is 0 Å². The molecule has 0 saturated carbocycles. The maximum absolute atomic E-state index is 13.0. The van der Waals surface area contributed by atoms with Crippen LogP contribution in [-0.4, -0.2) is 5.96 Å². The van der Waals surface area contributed by atoms with E-state index in [1.165, 1.54) is 6.07 Å². The topological polar surface area (TPSA) is 50.4 Å². The number of nitrogens with two attached hydrogens (primary N) is 1. The molecular formula is C14H13F2N3. The second kappa shape index (κ2) is 5.95. The van der Waals surface area contributed by atoms with Gasteiger partial charge in [-0.2, -0.15) is 0 Å². The van der Waals surface area contributed by atoms with Gasteiger partial charge in [-0.25, -0.2) is 13.8 Å². The lowest BCUT2D eigenvalue weighted by Gasteiger charge is -2.06. The molecule has 0 atom stereocenters. The molecular weight excluding hydrogens is 248 g/mol. The van der Waals surface area contributed by atoms with Gasteiger partial charge in [-0.15, -0.1) is 0 Å². The molecule has 0 aromatic heterocycles. The number of guanidine groups is 1. The summed E-state index contributed by atoms with van der Waals surface area (Å²) in [4.78, 5) is 4.11.